The zero-order valence-electron chi connectivity index (χ0n) is 21.4. The van der Waals surface area contributed by atoms with Gasteiger partial charge in [-0.3, -0.25) is 18.9 Å². The minimum absolute atomic E-state index is 0.121. The number of amides is 1. The Hall–Kier alpha value is -2.97. The monoisotopic (exact) mass is 532 g/mol. The van der Waals surface area contributed by atoms with Crippen LogP contribution in [-0.2, 0) is 11.2 Å². The highest BCUT2D eigenvalue weighted by molar-refractivity contribution is 8.26. The molecule has 2 fully saturated rings. The van der Waals surface area contributed by atoms with E-state index in [0.717, 1.165) is 50.8 Å². The molecule has 8 heteroatoms. The summed E-state index contributed by atoms with van der Waals surface area (Å²) in [6.45, 7) is 6.31. The van der Waals surface area contributed by atoms with Gasteiger partial charge in [0.1, 0.15) is 15.8 Å². The van der Waals surface area contributed by atoms with Crippen LogP contribution in [0.25, 0.3) is 11.7 Å². The standard InChI is InChI=1S/C29H32N4O2S2/c1-3-4-14-33-28(35)24(37-29(33)36)19-23-26(30-25-20(2)9-8-15-32(25)27(23)34)31-16-12-22(13-17-31)18-21-10-6-5-7-11-21/h5-11,15,19,22H,3-4,12-14,16-18H2,1-2H3/b24-19-. The number of piperidine rings is 1. The van der Waals surface area contributed by atoms with Gasteiger partial charge in [0.05, 0.1) is 10.5 Å². The second kappa shape index (κ2) is 11.2. The molecule has 192 valence electrons. The van der Waals surface area contributed by atoms with E-state index in [1.807, 2.05) is 19.1 Å². The van der Waals surface area contributed by atoms with Crippen molar-refractivity contribution >= 4 is 51.7 Å². The summed E-state index contributed by atoms with van der Waals surface area (Å²) in [4.78, 5) is 36.3. The van der Waals surface area contributed by atoms with Gasteiger partial charge in [-0.1, -0.05) is 73.7 Å². The lowest BCUT2D eigenvalue weighted by molar-refractivity contribution is -0.122. The van der Waals surface area contributed by atoms with E-state index in [9.17, 15) is 9.59 Å². The number of nitrogens with zero attached hydrogens (tertiary/aromatic N) is 4. The van der Waals surface area contributed by atoms with E-state index >= 15 is 0 Å². The van der Waals surface area contributed by atoms with Crippen LogP contribution in [0.1, 0.15) is 49.3 Å². The van der Waals surface area contributed by atoms with Gasteiger partial charge in [-0.25, -0.2) is 4.98 Å². The highest BCUT2D eigenvalue weighted by Crippen LogP contribution is 2.34. The third kappa shape index (κ3) is 5.36. The Bertz CT molecular complexity index is 1410. The number of aryl methyl sites for hydroxylation is 1. The highest BCUT2D eigenvalue weighted by Gasteiger charge is 2.33. The van der Waals surface area contributed by atoms with E-state index < -0.39 is 0 Å². The van der Waals surface area contributed by atoms with Crippen molar-refractivity contribution in [3.63, 3.8) is 0 Å². The quantitative estimate of drug-likeness (QED) is 0.297. The molecule has 2 aliphatic rings. The van der Waals surface area contributed by atoms with Crippen LogP contribution < -0.4 is 10.5 Å². The van der Waals surface area contributed by atoms with Crippen molar-refractivity contribution in [2.24, 2.45) is 5.92 Å². The number of rotatable bonds is 7. The molecular weight excluding hydrogens is 500 g/mol. The van der Waals surface area contributed by atoms with Crippen LogP contribution in [0.5, 0.6) is 0 Å². The third-order valence-electron chi connectivity index (χ3n) is 7.23. The molecule has 0 saturated carbocycles. The average Bonchev–Trinajstić information content (AvgIpc) is 3.17. The van der Waals surface area contributed by atoms with Gasteiger partial charge in [-0.2, -0.15) is 0 Å². The van der Waals surface area contributed by atoms with Gasteiger partial charge in [0.15, 0.2) is 0 Å². The summed E-state index contributed by atoms with van der Waals surface area (Å²) in [6, 6.07) is 14.4. The molecule has 0 spiro atoms. The number of anilines is 1. The molecule has 2 aromatic heterocycles. The van der Waals surface area contributed by atoms with Crippen molar-refractivity contribution in [2.75, 3.05) is 24.5 Å². The lowest BCUT2D eigenvalue weighted by atomic mass is 9.90. The fourth-order valence-corrected chi connectivity index (χ4v) is 6.39. The van der Waals surface area contributed by atoms with Gasteiger partial charge in [0.2, 0.25) is 0 Å². The van der Waals surface area contributed by atoms with E-state index in [1.165, 1.54) is 17.3 Å². The Labute approximate surface area is 227 Å². The fraction of sp³-hybridized carbons (Fsp3) is 0.379. The number of carbonyl (C=O) groups excluding carboxylic acids is 1. The van der Waals surface area contributed by atoms with Crippen molar-refractivity contribution in [2.45, 2.75) is 46.0 Å². The first-order valence-electron chi connectivity index (χ1n) is 13.0. The number of hydrogen-bond donors (Lipinski definition) is 0. The molecule has 4 heterocycles. The number of pyridine rings is 1. The maximum Gasteiger partial charge on any atom is 0.267 e. The number of hydrogen-bond acceptors (Lipinski definition) is 6. The Morgan fingerprint density at radius 3 is 2.59 bits per heavy atom. The minimum atomic E-state index is -0.158. The van der Waals surface area contributed by atoms with Gasteiger partial charge in [0, 0.05) is 25.8 Å². The second-order valence-corrected chi connectivity index (χ2v) is 11.5. The predicted octanol–water partition coefficient (Wildman–Crippen LogP) is 5.46. The van der Waals surface area contributed by atoms with E-state index in [2.05, 4.69) is 42.2 Å². The van der Waals surface area contributed by atoms with Crippen molar-refractivity contribution in [3.8, 4) is 0 Å². The molecule has 0 N–H and O–H groups in total. The van der Waals surface area contributed by atoms with E-state index in [0.29, 0.717) is 38.7 Å². The first kappa shape index (κ1) is 25.7. The average molecular weight is 533 g/mol. The summed E-state index contributed by atoms with van der Waals surface area (Å²) in [7, 11) is 0. The van der Waals surface area contributed by atoms with Gasteiger partial charge >= 0.3 is 0 Å². The molecule has 2 saturated heterocycles. The summed E-state index contributed by atoms with van der Waals surface area (Å²) in [5.74, 6) is 1.14. The molecule has 0 bridgehead atoms. The molecule has 3 aromatic rings. The number of unbranched alkanes of at least 4 members (excludes halogenated alkanes) is 1. The Morgan fingerprint density at radius 2 is 1.86 bits per heavy atom. The zero-order chi connectivity index (χ0) is 25.9. The topological polar surface area (TPSA) is 57.9 Å². The summed E-state index contributed by atoms with van der Waals surface area (Å²) in [5.41, 5.74) is 3.26. The molecule has 0 radical (unpaired) electrons. The normalized spacial score (nSPS) is 17.9. The summed E-state index contributed by atoms with van der Waals surface area (Å²) in [6.07, 6.45) is 8.47. The Kier molecular flexibility index (Phi) is 7.76. The van der Waals surface area contributed by atoms with Gasteiger partial charge in [-0.05, 0) is 61.8 Å². The van der Waals surface area contributed by atoms with Crippen molar-refractivity contribution in [3.05, 3.63) is 80.6 Å². The SMILES string of the molecule is CCCCN1C(=O)/C(=C/c2c(N3CCC(Cc4ccccc4)CC3)nc3c(C)cccn3c2=O)SC1=S. The van der Waals surface area contributed by atoms with Crippen LogP contribution in [-0.4, -0.2) is 44.1 Å². The smallest absolute Gasteiger partial charge is 0.267 e. The summed E-state index contributed by atoms with van der Waals surface area (Å²) in [5, 5.41) is 0. The number of thioether (sulfide) groups is 1. The van der Waals surface area contributed by atoms with Gasteiger partial charge in [0.25, 0.3) is 11.5 Å². The highest BCUT2D eigenvalue weighted by atomic mass is 32.2. The molecule has 0 aliphatic carbocycles. The van der Waals surface area contributed by atoms with Crippen LogP contribution in [0, 0.1) is 12.8 Å². The minimum Gasteiger partial charge on any atom is -0.356 e. The lowest BCUT2D eigenvalue weighted by Crippen LogP contribution is -2.37. The second-order valence-electron chi connectivity index (χ2n) is 9.85. The first-order valence-corrected chi connectivity index (χ1v) is 14.2. The van der Waals surface area contributed by atoms with E-state index in [1.54, 1.807) is 21.6 Å². The van der Waals surface area contributed by atoms with Crippen LogP contribution in [0.4, 0.5) is 5.82 Å². The molecule has 0 atom stereocenters. The van der Waals surface area contributed by atoms with Crippen LogP contribution in [0.2, 0.25) is 0 Å². The summed E-state index contributed by atoms with van der Waals surface area (Å²) < 4.78 is 2.14. The molecule has 6 nitrogen and oxygen atoms in total. The van der Waals surface area contributed by atoms with Crippen molar-refractivity contribution in [1.29, 1.82) is 0 Å². The van der Waals surface area contributed by atoms with Crippen LogP contribution in [0.3, 0.4) is 0 Å². The summed E-state index contributed by atoms with van der Waals surface area (Å²) >= 11 is 6.77. The van der Waals surface area contributed by atoms with E-state index in [-0.39, 0.29) is 11.5 Å². The van der Waals surface area contributed by atoms with Gasteiger partial charge < -0.3 is 4.90 Å². The molecule has 37 heavy (non-hydrogen) atoms. The number of aromatic nitrogens is 2. The Morgan fingerprint density at radius 1 is 1.11 bits per heavy atom. The number of fused-ring (bicyclic) bond motifs is 1. The molecule has 1 aromatic carbocycles. The molecule has 5 rings (SSSR count). The third-order valence-corrected chi connectivity index (χ3v) is 8.61. The largest absolute Gasteiger partial charge is 0.356 e. The maximum absolute atomic E-state index is 13.8. The van der Waals surface area contributed by atoms with E-state index in [4.69, 9.17) is 17.2 Å². The maximum atomic E-state index is 13.8. The van der Waals surface area contributed by atoms with Crippen molar-refractivity contribution in [1.82, 2.24) is 14.3 Å². The number of benzene rings is 1. The molecular formula is C29H32N4O2S2. The number of carbonyl (C=O) groups is 1. The van der Waals surface area contributed by atoms with Crippen LogP contribution in [0.15, 0.2) is 58.4 Å². The Balaban J connectivity index is 1.48. The first-order chi connectivity index (χ1) is 18.0. The van der Waals surface area contributed by atoms with Crippen LogP contribution >= 0.6 is 24.0 Å². The predicted molar refractivity (Wildman–Crippen MR) is 156 cm³/mol. The fourth-order valence-electron chi connectivity index (χ4n) is 5.10. The molecule has 0 unspecified atom stereocenters. The van der Waals surface area contributed by atoms with Crippen molar-refractivity contribution < 1.29 is 4.79 Å². The lowest BCUT2D eigenvalue weighted by Gasteiger charge is -2.33. The zero-order valence-corrected chi connectivity index (χ0v) is 23.0. The van der Waals surface area contributed by atoms with Gasteiger partial charge in [-0.15, -0.1) is 0 Å². The molecule has 1 amide bonds. The number of thiocarbonyl (C=S) groups is 1. The molecule has 2 aliphatic heterocycles.